The number of rotatable bonds is 3. The number of ether oxygens (including phenoxy) is 1. The van der Waals surface area contributed by atoms with Gasteiger partial charge in [-0.15, -0.1) is 0 Å². The number of nitrogens with zero attached hydrogens (tertiary/aromatic N) is 5. The molecule has 1 fully saturated rings. The van der Waals surface area contributed by atoms with Crippen LogP contribution >= 0.6 is 0 Å². The molecule has 1 amide bonds. The third-order valence-electron chi connectivity index (χ3n) is 4.04. The highest BCUT2D eigenvalue weighted by Gasteiger charge is 2.31. The fourth-order valence-corrected chi connectivity index (χ4v) is 2.86. The van der Waals surface area contributed by atoms with Gasteiger partial charge in [-0.05, 0) is 13.8 Å². The molecule has 1 saturated heterocycles. The molecule has 0 saturated carbocycles. The van der Waals surface area contributed by atoms with Crippen molar-refractivity contribution in [3.05, 3.63) is 35.1 Å². The molecule has 3 rings (SSSR count). The molecule has 0 bridgehead atoms. The van der Waals surface area contributed by atoms with Crippen LogP contribution in [-0.2, 0) is 4.74 Å². The number of aromatic nitrogens is 3. The van der Waals surface area contributed by atoms with Gasteiger partial charge < -0.3 is 19.1 Å². The lowest BCUT2D eigenvalue weighted by molar-refractivity contribution is -0.0247. The lowest BCUT2D eigenvalue weighted by Gasteiger charge is -2.33. The second kappa shape index (κ2) is 6.56. The maximum Gasteiger partial charge on any atom is 0.259 e. The van der Waals surface area contributed by atoms with Gasteiger partial charge in [0.1, 0.15) is 23.1 Å². The van der Waals surface area contributed by atoms with Gasteiger partial charge in [0.05, 0.1) is 18.8 Å². The van der Waals surface area contributed by atoms with Gasteiger partial charge in [-0.3, -0.25) is 9.78 Å². The van der Waals surface area contributed by atoms with Crippen LogP contribution in [0, 0.1) is 13.8 Å². The van der Waals surface area contributed by atoms with Gasteiger partial charge in [-0.2, -0.15) is 0 Å². The molecule has 2 aromatic heterocycles. The minimum Gasteiger partial charge on any atom is -0.368 e. The fourth-order valence-electron chi connectivity index (χ4n) is 2.86. The summed E-state index contributed by atoms with van der Waals surface area (Å²) in [4.78, 5) is 25.2. The van der Waals surface area contributed by atoms with Crippen molar-refractivity contribution in [2.24, 2.45) is 0 Å². The van der Waals surface area contributed by atoms with Crippen LogP contribution in [0.1, 0.15) is 33.6 Å². The molecule has 0 spiro atoms. The lowest BCUT2D eigenvalue weighted by Crippen LogP contribution is -2.43. The summed E-state index contributed by atoms with van der Waals surface area (Å²) in [7, 11) is 3.81. The largest absolute Gasteiger partial charge is 0.368 e. The molecule has 3 heterocycles. The summed E-state index contributed by atoms with van der Waals surface area (Å²) in [6.45, 7) is 4.91. The van der Waals surface area contributed by atoms with Gasteiger partial charge in [0.2, 0.25) is 0 Å². The molecular weight excluding hydrogens is 310 g/mol. The third kappa shape index (κ3) is 2.96. The first-order valence-corrected chi connectivity index (χ1v) is 7.81. The molecule has 0 radical (unpaired) electrons. The van der Waals surface area contributed by atoms with Crippen molar-refractivity contribution in [2.45, 2.75) is 20.0 Å². The van der Waals surface area contributed by atoms with Crippen molar-refractivity contribution >= 4 is 11.7 Å². The topological polar surface area (TPSA) is 84.6 Å². The predicted molar refractivity (Wildman–Crippen MR) is 86.9 cm³/mol. The fraction of sp³-hybridized carbons (Fsp3) is 0.500. The Morgan fingerprint density at radius 3 is 2.71 bits per heavy atom. The summed E-state index contributed by atoms with van der Waals surface area (Å²) in [6.07, 6.45) is 2.98. The van der Waals surface area contributed by atoms with Crippen LogP contribution in [0.2, 0.25) is 0 Å². The highest BCUT2D eigenvalue weighted by atomic mass is 16.5. The Labute approximate surface area is 140 Å². The molecule has 128 valence electrons. The average Bonchev–Trinajstić information content (AvgIpc) is 2.93. The number of hydrogen-bond acceptors (Lipinski definition) is 7. The van der Waals surface area contributed by atoms with E-state index in [1.165, 1.54) is 0 Å². The Kier molecular flexibility index (Phi) is 4.48. The van der Waals surface area contributed by atoms with Crippen molar-refractivity contribution in [1.29, 1.82) is 0 Å². The van der Waals surface area contributed by atoms with Crippen LogP contribution in [0.3, 0.4) is 0 Å². The van der Waals surface area contributed by atoms with E-state index in [0.29, 0.717) is 36.7 Å². The molecule has 24 heavy (non-hydrogen) atoms. The zero-order chi connectivity index (χ0) is 17.3. The van der Waals surface area contributed by atoms with Crippen LogP contribution in [0.4, 0.5) is 5.82 Å². The zero-order valence-electron chi connectivity index (χ0n) is 14.3. The number of hydrogen-bond donors (Lipinski definition) is 0. The van der Waals surface area contributed by atoms with Gasteiger partial charge in [0.25, 0.3) is 5.91 Å². The summed E-state index contributed by atoms with van der Waals surface area (Å²) in [5.74, 6) is 1.19. The maximum atomic E-state index is 12.8. The Hall–Kier alpha value is -2.48. The summed E-state index contributed by atoms with van der Waals surface area (Å²) < 4.78 is 11.0. The lowest BCUT2D eigenvalue weighted by atomic mass is 10.1. The van der Waals surface area contributed by atoms with Crippen molar-refractivity contribution in [1.82, 2.24) is 20.0 Å². The number of morpholine rings is 1. The van der Waals surface area contributed by atoms with E-state index in [4.69, 9.17) is 9.26 Å². The Morgan fingerprint density at radius 2 is 2.04 bits per heavy atom. The van der Waals surface area contributed by atoms with E-state index in [1.807, 2.05) is 19.0 Å². The molecule has 2 aromatic rings. The van der Waals surface area contributed by atoms with Gasteiger partial charge in [0.15, 0.2) is 5.82 Å². The molecular formula is C16H21N5O3. The van der Waals surface area contributed by atoms with E-state index in [2.05, 4.69) is 15.1 Å². The Morgan fingerprint density at radius 1 is 1.29 bits per heavy atom. The third-order valence-corrected chi connectivity index (χ3v) is 4.04. The van der Waals surface area contributed by atoms with E-state index in [9.17, 15) is 4.79 Å². The Balaban J connectivity index is 1.84. The molecule has 1 aliphatic heterocycles. The minimum atomic E-state index is -0.311. The molecule has 0 aliphatic carbocycles. The van der Waals surface area contributed by atoms with Crippen LogP contribution in [0.25, 0.3) is 0 Å². The summed E-state index contributed by atoms with van der Waals surface area (Å²) in [5.41, 5.74) is 1.87. The van der Waals surface area contributed by atoms with Crippen molar-refractivity contribution in [3.8, 4) is 0 Å². The van der Waals surface area contributed by atoms with Crippen molar-refractivity contribution in [2.75, 3.05) is 38.7 Å². The Bertz CT molecular complexity index is 724. The van der Waals surface area contributed by atoms with Crippen LogP contribution in [0.15, 0.2) is 16.9 Å². The minimum absolute atomic E-state index is 0.0881. The van der Waals surface area contributed by atoms with Gasteiger partial charge in [0, 0.05) is 33.0 Å². The first-order chi connectivity index (χ1) is 11.5. The SMILES string of the molecule is Cc1noc(C)c1C(=O)N1CCO[C@@H](c2nccnc2N(C)C)C1. The molecule has 0 N–H and O–H groups in total. The normalized spacial score (nSPS) is 17.8. The second-order valence-corrected chi connectivity index (χ2v) is 5.97. The first kappa shape index (κ1) is 16.4. The highest BCUT2D eigenvalue weighted by molar-refractivity contribution is 5.96. The average molecular weight is 331 g/mol. The number of amides is 1. The van der Waals surface area contributed by atoms with E-state index in [0.717, 1.165) is 11.5 Å². The zero-order valence-corrected chi connectivity index (χ0v) is 14.3. The summed E-state index contributed by atoms with van der Waals surface area (Å²) in [5, 5.41) is 3.86. The van der Waals surface area contributed by atoms with E-state index < -0.39 is 0 Å². The summed E-state index contributed by atoms with van der Waals surface area (Å²) in [6, 6.07) is 0. The quantitative estimate of drug-likeness (QED) is 0.839. The van der Waals surface area contributed by atoms with Crippen molar-refractivity contribution < 1.29 is 14.1 Å². The summed E-state index contributed by atoms with van der Waals surface area (Å²) >= 11 is 0. The van der Waals surface area contributed by atoms with E-state index in [-0.39, 0.29) is 12.0 Å². The monoisotopic (exact) mass is 331 g/mol. The van der Waals surface area contributed by atoms with Gasteiger partial charge in [-0.1, -0.05) is 5.16 Å². The van der Waals surface area contributed by atoms with Crippen LogP contribution < -0.4 is 4.90 Å². The molecule has 1 atom stereocenters. The number of anilines is 1. The molecule has 0 aromatic carbocycles. The first-order valence-electron chi connectivity index (χ1n) is 7.81. The van der Waals surface area contributed by atoms with Crippen LogP contribution in [-0.4, -0.2) is 59.7 Å². The van der Waals surface area contributed by atoms with Gasteiger partial charge in [-0.25, -0.2) is 4.98 Å². The smallest absolute Gasteiger partial charge is 0.259 e. The van der Waals surface area contributed by atoms with Gasteiger partial charge >= 0.3 is 0 Å². The second-order valence-electron chi connectivity index (χ2n) is 5.97. The molecule has 0 unspecified atom stereocenters. The standard InChI is InChI=1S/C16H21N5O3/c1-10-13(11(2)24-19-10)16(22)21-7-8-23-12(9-21)14-15(20(3)4)18-6-5-17-14/h5-6,12H,7-9H2,1-4H3/t12-/m1/s1. The van der Waals surface area contributed by atoms with E-state index in [1.54, 1.807) is 31.1 Å². The maximum absolute atomic E-state index is 12.8. The number of carbonyl (C=O) groups excluding carboxylic acids is 1. The number of carbonyl (C=O) groups is 1. The van der Waals surface area contributed by atoms with Crippen LogP contribution in [0.5, 0.6) is 0 Å². The molecule has 8 nitrogen and oxygen atoms in total. The van der Waals surface area contributed by atoms with Crippen molar-refractivity contribution in [3.63, 3.8) is 0 Å². The molecule has 1 aliphatic rings. The predicted octanol–water partition coefficient (Wildman–Crippen LogP) is 1.36. The molecule has 8 heteroatoms. The number of aryl methyl sites for hydroxylation is 2. The van der Waals surface area contributed by atoms with E-state index >= 15 is 0 Å². The highest BCUT2D eigenvalue weighted by Crippen LogP contribution is 2.27.